The van der Waals surface area contributed by atoms with Gasteiger partial charge in [0.1, 0.15) is 16.4 Å². The van der Waals surface area contributed by atoms with Crippen molar-refractivity contribution in [3.8, 4) is 0 Å². The number of hydrogen-bond acceptors (Lipinski definition) is 6. The lowest BCUT2D eigenvalue weighted by Crippen LogP contribution is -2.28. The number of para-hydroxylation sites is 2. The molecule has 1 fully saturated rings. The molecule has 0 atom stereocenters. The summed E-state index contributed by atoms with van der Waals surface area (Å²) in [6.07, 6.45) is 0. The minimum atomic E-state index is -0.596. The van der Waals surface area contributed by atoms with Gasteiger partial charge in [-0.25, -0.2) is 9.79 Å². The average molecular weight is 289 g/mol. The maximum Gasteiger partial charge on any atom is 0.344 e. The van der Waals surface area contributed by atoms with Gasteiger partial charge in [-0.2, -0.15) is 0 Å². The van der Waals surface area contributed by atoms with Crippen LogP contribution in [0.2, 0.25) is 0 Å². The molecule has 1 aromatic rings. The van der Waals surface area contributed by atoms with Crippen LogP contribution < -0.4 is 10.6 Å². The Morgan fingerprint density at radius 2 is 2.20 bits per heavy atom. The number of benzene rings is 1. The second-order valence-corrected chi connectivity index (χ2v) is 5.14. The molecule has 1 amide bonds. The van der Waals surface area contributed by atoms with Gasteiger partial charge in [0.15, 0.2) is 0 Å². The standard InChI is InChI=1S/C13H11N3O3S/c1-19-13(18)10-11(14)15-7-4-2-3-5-8(7)16-9(17)6-20-12(10)16/h2-5H,6H2,1H3,(H2,14,15). The lowest BCUT2D eigenvalue weighted by Gasteiger charge is -2.18. The molecule has 1 aromatic carbocycles. The van der Waals surface area contributed by atoms with E-state index in [4.69, 9.17) is 10.5 Å². The fourth-order valence-corrected chi connectivity index (χ4v) is 3.19. The number of methoxy groups -OCH3 is 1. The smallest absolute Gasteiger partial charge is 0.344 e. The second kappa shape index (κ2) is 4.68. The van der Waals surface area contributed by atoms with Crippen molar-refractivity contribution in [1.29, 1.82) is 0 Å². The fourth-order valence-electron chi connectivity index (χ4n) is 2.14. The zero-order valence-corrected chi connectivity index (χ0v) is 11.4. The first-order chi connectivity index (χ1) is 9.63. The highest BCUT2D eigenvalue weighted by Gasteiger charge is 2.37. The molecule has 6 nitrogen and oxygen atoms in total. The van der Waals surface area contributed by atoms with Crippen LogP contribution in [0.4, 0.5) is 11.4 Å². The van der Waals surface area contributed by atoms with Gasteiger partial charge >= 0.3 is 5.97 Å². The summed E-state index contributed by atoms with van der Waals surface area (Å²) in [5.41, 5.74) is 7.23. The summed E-state index contributed by atoms with van der Waals surface area (Å²) in [6, 6.07) is 7.13. The van der Waals surface area contributed by atoms with Crippen molar-refractivity contribution < 1.29 is 14.3 Å². The second-order valence-electron chi connectivity index (χ2n) is 4.18. The van der Waals surface area contributed by atoms with Crippen molar-refractivity contribution in [3.63, 3.8) is 0 Å². The summed E-state index contributed by atoms with van der Waals surface area (Å²) in [7, 11) is 1.27. The van der Waals surface area contributed by atoms with E-state index in [1.165, 1.54) is 23.8 Å². The molecule has 2 aliphatic heterocycles. The Hall–Kier alpha value is -2.28. The van der Waals surface area contributed by atoms with Crippen LogP contribution in [-0.2, 0) is 14.3 Å². The summed E-state index contributed by atoms with van der Waals surface area (Å²) in [4.78, 5) is 29.8. The Bertz CT molecular complexity index is 681. The number of carbonyl (C=O) groups is 2. The molecule has 0 spiro atoms. The monoisotopic (exact) mass is 289 g/mol. The predicted octanol–water partition coefficient (Wildman–Crippen LogP) is 1.15. The topological polar surface area (TPSA) is 85.0 Å². The normalized spacial score (nSPS) is 17.4. The number of amidine groups is 1. The number of fused-ring (bicyclic) bond motifs is 3. The number of ether oxygens (including phenoxy) is 1. The first kappa shape index (κ1) is 12.7. The van der Waals surface area contributed by atoms with E-state index in [-0.39, 0.29) is 23.1 Å². The van der Waals surface area contributed by atoms with E-state index < -0.39 is 5.97 Å². The van der Waals surface area contributed by atoms with Gasteiger partial charge in [0, 0.05) is 0 Å². The van der Waals surface area contributed by atoms with Gasteiger partial charge in [-0.3, -0.25) is 9.69 Å². The van der Waals surface area contributed by atoms with Gasteiger partial charge in [0.2, 0.25) is 5.91 Å². The number of rotatable bonds is 1. The largest absolute Gasteiger partial charge is 0.465 e. The van der Waals surface area contributed by atoms with Crippen LogP contribution in [0.3, 0.4) is 0 Å². The maximum absolute atomic E-state index is 12.1. The highest BCUT2D eigenvalue weighted by Crippen LogP contribution is 2.42. The molecule has 0 saturated carbocycles. The SMILES string of the molecule is COC(=O)C1=C2SCC(=O)N2c2ccccc2N=C1N. The van der Waals surface area contributed by atoms with E-state index in [1.54, 1.807) is 18.2 Å². The fraction of sp³-hybridized carbons (Fsp3) is 0.154. The van der Waals surface area contributed by atoms with E-state index in [1.807, 2.05) is 6.07 Å². The zero-order valence-electron chi connectivity index (χ0n) is 10.6. The number of esters is 1. The van der Waals surface area contributed by atoms with Crippen LogP contribution in [0.15, 0.2) is 39.9 Å². The number of nitrogens with zero attached hydrogens (tertiary/aromatic N) is 2. The first-order valence-electron chi connectivity index (χ1n) is 5.85. The number of thioether (sulfide) groups is 1. The number of anilines is 1. The number of nitrogens with two attached hydrogens (primary N) is 1. The third kappa shape index (κ3) is 1.78. The van der Waals surface area contributed by atoms with E-state index in [9.17, 15) is 9.59 Å². The van der Waals surface area contributed by atoms with Crippen molar-refractivity contribution in [2.75, 3.05) is 17.8 Å². The molecule has 2 heterocycles. The molecule has 0 aliphatic carbocycles. The molecular formula is C13H11N3O3S. The predicted molar refractivity (Wildman–Crippen MR) is 76.7 cm³/mol. The Morgan fingerprint density at radius 3 is 2.95 bits per heavy atom. The third-order valence-corrected chi connectivity index (χ3v) is 4.06. The zero-order chi connectivity index (χ0) is 14.3. The van der Waals surface area contributed by atoms with Crippen molar-refractivity contribution in [2.24, 2.45) is 10.7 Å². The molecule has 20 heavy (non-hydrogen) atoms. The Kier molecular flexibility index (Phi) is 2.98. The number of amides is 1. The summed E-state index contributed by atoms with van der Waals surface area (Å²) in [5, 5.41) is 0.480. The van der Waals surface area contributed by atoms with E-state index in [0.29, 0.717) is 16.4 Å². The Balaban J connectivity index is 2.29. The molecule has 3 rings (SSSR count). The van der Waals surface area contributed by atoms with Gasteiger partial charge in [-0.05, 0) is 12.1 Å². The highest BCUT2D eigenvalue weighted by molar-refractivity contribution is 8.04. The molecule has 0 unspecified atom stereocenters. The summed E-state index contributed by atoms with van der Waals surface area (Å²) in [5.74, 6) is -0.383. The molecule has 2 aliphatic rings. The summed E-state index contributed by atoms with van der Waals surface area (Å²) < 4.78 is 4.75. The Labute approximate surface area is 119 Å². The van der Waals surface area contributed by atoms with E-state index in [2.05, 4.69) is 4.99 Å². The number of carbonyl (C=O) groups excluding carboxylic acids is 2. The van der Waals surface area contributed by atoms with Crippen molar-refractivity contribution in [1.82, 2.24) is 0 Å². The van der Waals surface area contributed by atoms with Gasteiger partial charge < -0.3 is 10.5 Å². The molecule has 7 heteroatoms. The van der Waals surface area contributed by atoms with Gasteiger partial charge in [0.05, 0.1) is 24.2 Å². The van der Waals surface area contributed by atoms with Crippen molar-refractivity contribution in [2.45, 2.75) is 0 Å². The molecule has 102 valence electrons. The Morgan fingerprint density at radius 1 is 1.45 bits per heavy atom. The van der Waals surface area contributed by atoms with E-state index in [0.717, 1.165) is 0 Å². The van der Waals surface area contributed by atoms with Crippen LogP contribution >= 0.6 is 11.8 Å². The lowest BCUT2D eigenvalue weighted by molar-refractivity contribution is -0.135. The van der Waals surface area contributed by atoms with Crippen LogP contribution in [0, 0.1) is 0 Å². The quantitative estimate of drug-likeness (QED) is 0.784. The van der Waals surface area contributed by atoms with Crippen LogP contribution in [0.5, 0.6) is 0 Å². The first-order valence-corrected chi connectivity index (χ1v) is 6.84. The number of aliphatic imine (C=N–C) groups is 1. The molecule has 0 aromatic heterocycles. The van der Waals surface area contributed by atoms with Crippen LogP contribution in [0.25, 0.3) is 0 Å². The van der Waals surface area contributed by atoms with Crippen LogP contribution in [-0.4, -0.2) is 30.6 Å². The van der Waals surface area contributed by atoms with Crippen LogP contribution in [0.1, 0.15) is 0 Å². The lowest BCUT2D eigenvalue weighted by atomic mass is 10.2. The maximum atomic E-state index is 12.1. The average Bonchev–Trinajstić information content (AvgIpc) is 2.75. The van der Waals surface area contributed by atoms with Crippen molar-refractivity contribution >= 4 is 40.8 Å². The summed E-state index contributed by atoms with van der Waals surface area (Å²) >= 11 is 1.26. The van der Waals surface area contributed by atoms with Gasteiger partial charge in [-0.15, -0.1) is 0 Å². The van der Waals surface area contributed by atoms with Gasteiger partial charge in [0.25, 0.3) is 0 Å². The van der Waals surface area contributed by atoms with Gasteiger partial charge in [-0.1, -0.05) is 23.9 Å². The molecule has 0 bridgehead atoms. The third-order valence-electron chi connectivity index (χ3n) is 3.01. The molecule has 0 radical (unpaired) electrons. The minimum absolute atomic E-state index is 0.0593. The molecule has 2 N–H and O–H groups in total. The molecule has 1 saturated heterocycles. The summed E-state index contributed by atoms with van der Waals surface area (Å²) in [6.45, 7) is 0. The molecular weight excluding hydrogens is 278 g/mol. The minimum Gasteiger partial charge on any atom is -0.465 e. The van der Waals surface area contributed by atoms with E-state index >= 15 is 0 Å². The number of hydrogen-bond donors (Lipinski definition) is 1. The highest BCUT2D eigenvalue weighted by atomic mass is 32.2. The van der Waals surface area contributed by atoms with Crippen molar-refractivity contribution in [3.05, 3.63) is 34.9 Å².